The van der Waals surface area contributed by atoms with Crippen molar-refractivity contribution in [1.82, 2.24) is 0 Å². The Morgan fingerprint density at radius 3 is 1.14 bits per heavy atom. The number of hydrogen-bond acceptors (Lipinski definition) is 0. The molecule has 5 heterocycles. The van der Waals surface area contributed by atoms with Crippen LogP contribution in [-0.4, -0.2) is 0 Å². The van der Waals surface area contributed by atoms with Gasteiger partial charge in [0.1, 0.15) is 38.0 Å². The zero-order valence-corrected chi connectivity index (χ0v) is 57.7. The fraction of sp³-hybridized carbons (Fsp3) is 0.337. The molecule has 5 aromatic heterocycles. The van der Waals surface area contributed by atoms with E-state index in [-0.39, 0.29) is 24.1 Å². The van der Waals surface area contributed by atoms with Crippen LogP contribution in [0.5, 0.6) is 0 Å². The highest BCUT2D eigenvalue weighted by Crippen LogP contribution is 2.30. The molecule has 0 aliphatic rings. The maximum Gasteiger partial charge on any atom is 0.215 e. The summed E-state index contributed by atoms with van der Waals surface area (Å²) in [6.45, 7) is 38.4. The molecule has 5 aromatic carbocycles. The van der Waals surface area contributed by atoms with Crippen LogP contribution < -0.4 is 22.8 Å². The predicted molar refractivity (Wildman–Crippen MR) is 374 cm³/mol. The lowest BCUT2D eigenvalue weighted by atomic mass is 9.96. The normalized spacial score (nSPS) is 11.8. The van der Waals surface area contributed by atoms with E-state index >= 15 is 0 Å². The first-order valence-electron chi connectivity index (χ1n) is 34.1. The van der Waals surface area contributed by atoms with Crippen LogP contribution in [0.25, 0.3) is 56.3 Å². The van der Waals surface area contributed by atoms with Crippen LogP contribution in [-0.2, 0) is 35.2 Å². The van der Waals surface area contributed by atoms with Gasteiger partial charge in [-0.15, -0.1) is 0 Å². The standard InChI is InChI=1S/3C17H22N.2C16H20N/c1-12(2)16-10-17(18(5)11-14(16)4)15-9-7-6-8-13(15)3;1-12(2)15-10-14(4)17(18(5)11-15)16-9-7-6-8-13(16)3;1-12(2)16-11-18(5)17(10-14(16)4)15-9-7-6-8-13(15)3;2*1-12(2)14-9-10-17(4)16(11-14)15-8-6-5-7-13(15)3/h3*6-12H,1-5H3;2*5-12H,1-4H3/q5*+1/i;10D,11D;;9D,10D,11D;. The highest BCUT2D eigenvalue weighted by molar-refractivity contribution is 5.66. The van der Waals surface area contributed by atoms with Crippen LogP contribution in [0, 0.1) is 55.4 Å². The second-order valence-corrected chi connectivity index (χ2v) is 25.5. The van der Waals surface area contributed by atoms with Crippen molar-refractivity contribution in [2.45, 2.75) is 154 Å². The fourth-order valence-electron chi connectivity index (χ4n) is 11.2. The number of aromatic nitrogens is 5. The van der Waals surface area contributed by atoms with Crippen molar-refractivity contribution >= 4 is 0 Å². The maximum absolute atomic E-state index is 8.47. The summed E-state index contributed by atoms with van der Waals surface area (Å²) in [7, 11) is 10.0. The Hall–Kier alpha value is -8.15. The van der Waals surface area contributed by atoms with E-state index in [1.165, 1.54) is 83.8 Å². The summed E-state index contributed by atoms with van der Waals surface area (Å²) < 4.78 is 51.6. The van der Waals surface area contributed by atoms with Crippen molar-refractivity contribution in [1.29, 1.82) is 0 Å². The van der Waals surface area contributed by atoms with Crippen molar-refractivity contribution in [2.24, 2.45) is 35.2 Å². The van der Waals surface area contributed by atoms with Crippen molar-refractivity contribution in [2.75, 3.05) is 0 Å². The minimum absolute atomic E-state index is 0.0584. The van der Waals surface area contributed by atoms with E-state index in [4.69, 9.17) is 6.85 Å². The second kappa shape index (κ2) is 31.7. The van der Waals surface area contributed by atoms with E-state index < -0.39 is 0 Å². The number of benzene rings is 5. The Morgan fingerprint density at radius 2 is 0.705 bits per heavy atom. The highest BCUT2D eigenvalue weighted by atomic mass is 14.9. The number of nitrogens with zero attached hydrogens (tertiary/aromatic N) is 5. The lowest BCUT2D eigenvalue weighted by Gasteiger charge is -2.11. The molecular formula is C83H106N5+5. The molecule has 0 atom stereocenters. The summed E-state index contributed by atoms with van der Waals surface area (Å²) >= 11 is 0. The van der Waals surface area contributed by atoms with Crippen LogP contribution in [0.3, 0.4) is 0 Å². The molecule has 0 aliphatic carbocycles. The largest absolute Gasteiger partial charge is 0.215 e. The molecule has 0 N–H and O–H groups in total. The Kier molecular flexibility index (Phi) is 22.1. The van der Waals surface area contributed by atoms with Crippen molar-refractivity contribution < 1.29 is 29.7 Å². The molecule has 0 amide bonds. The lowest BCUT2D eigenvalue weighted by molar-refractivity contribution is -0.661. The van der Waals surface area contributed by atoms with Gasteiger partial charge in [-0.05, 0) is 171 Å². The van der Waals surface area contributed by atoms with Gasteiger partial charge in [0, 0.05) is 86.4 Å². The summed E-state index contributed by atoms with van der Waals surface area (Å²) in [4.78, 5) is 0. The van der Waals surface area contributed by atoms with Gasteiger partial charge in [-0.2, -0.15) is 0 Å². The van der Waals surface area contributed by atoms with Gasteiger partial charge in [-0.3, -0.25) is 0 Å². The van der Waals surface area contributed by atoms with Crippen LogP contribution in [0.4, 0.5) is 0 Å². The van der Waals surface area contributed by atoms with Crippen molar-refractivity contribution in [3.63, 3.8) is 0 Å². The molecule has 458 valence electrons. The van der Waals surface area contributed by atoms with Gasteiger partial charge < -0.3 is 0 Å². The van der Waals surface area contributed by atoms with Crippen molar-refractivity contribution in [3.8, 4) is 56.3 Å². The molecule has 10 rings (SSSR count). The third kappa shape index (κ3) is 17.8. The molecule has 0 bridgehead atoms. The van der Waals surface area contributed by atoms with Crippen LogP contribution in [0.15, 0.2) is 195 Å². The first-order valence-corrected chi connectivity index (χ1v) is 31.6. The molecule has 88 heavy (non-hydrogen) atoms. The van der Waals surface area contributed by atoms with Gasteiger partial charge in [0.05, 0.1) is 4.11 Å². The number of aryl methyl sites for hydroxylation is 10. The molecular weight excluding hydrogens is 1070 g/mol. The zero-order valence-electron chi connectivity index (χ0n) is 62.7. The quantitative estimate of drug-likeness (QED) is 0.122. The molecule has 0 fully saturated rings. The van der Waals surface area contributed by atoms with Gasteiger partial charge in [-0.25, -0.2) is 22.8 Å². The summed E-state index contributed by atoms with van der Waals surface area (Å²) in [5.74, 6) is 1.95. The lowest BCUT2D eigenvalue weighted by Crippen LogP contribution is -2.32. The Bertz CT molecular complexity index is 4220. The summed E-state index contributed by atoms with van der Waals surface area (Å²) in [6, 6.07) is 51.9. The van der Waals surface area contributed by atoms with E-state index in [0.29, 0.717) is 47.3 Å². The molecule has 5 nitrogen and oxygen atoms in total. The minimum atomic E-state index is 0.0584. The predicted octanol–water partition coefficient (Wildman–Crippen LogP) is 19.0. The smallest absolute Gasteiger partial charge is 0.201 e. The summed E-state index contributed by atoms with van der Waals surface area (Å²) in [5, 5.41) is 0. The molecule has 0 unspecified atom stereocenters. The summed E-state index contributed by atoms with van der Waals surface area (Å²) in [5.41, 5.74) is 27.2. The van der Waals surface area contributed by atoms with E-state index in [1.54, 1.807) is 11.6 Å². The van der Waals surface area contributed by atoms with Gasteiger partial charge in [0.15, 0.2) is 30.9 Å². The zero-order chi connectivity index (χ0) is 69.0. The van der Waals surface area contributed by atoms with Crippen LogP contribution in [0.1, 0.15) is 178 Å². The molecule has 0 saturated carbocycles. The maximum atomic E-state index is 8.47. The van der Waals surface area contributed by atoms with Crippen LogP contribution >= 0.6 is 0 Å². The Labute approximate surface area is 539 Å². The topological polar surface area (TPSA) is 19.4 Å². The molecule has 5 heteroatoms. The Morgan fingerprint density at radius 1 is 0.307 bits per heavy atom. The second-order valence-electron chi connectivity index (χ2n) is 25.5. The van der Waals surface area contributed by atoms with Gasteiger partial charge >= 0.3 is 0 Å². The van der Waals surface area contributed by atoms with Gasteiger partial charge in [0.25, 0.3) is 0 Å². The first kappa shape index (κ1) is 61.5. The Balaban J connectivity index is 0.000000185. The third-order valence-corrected chi connectivity index (χ3v) is 16.6. The molecule has 0 aliphatic heterocycles. The number of pyridine rings is 5. The third-order valence-electron chi connectivity index (χ3n) is 16.6. The van der Waals surface area contributed by atoms with Crippen molar-refractivity contribution in [3.05, 3.63) is 267 Å². The van der Waals surface area contributed by atoms with Crippen LogP contribution in [0.2, 0.25) is 0 Å². The van der Waals surface area contributed by atoms with Gasteiger partial charge in [0.2, 0.25) is 28.5 Å². The van der Waals surface area contributed by atoms with E-state index in [0.717, 1.165) is 33.5 Å². The first-order chi connectivity index (χ1) is 43.8. The SMILES string of the molecule is Cc1ccccc1-c1cc(C(C)C)c(C)c[n+]1C.Cc1ccccc1-c1cc(C(C)C)cc[n+]1C.Cc1ccccc1-c1cc(C)c(C(C)C)c[n+]1C.[2H]c1c(C(C)C)c([2H])c(-c2ccccc2C)[n+](C)c1[2H].[2H]c1c(C)c(-c2ccccc2C)[n+](C)c([2H])c1C(C)C. The van der Waals surface area contributed by atoms with E-state index in [1.807, 2.05) is 89.6 Å². The molecule has 0 spiro atoms. The number of hydrogen-bond donors (Lipinski definition) is 0. The summed E-state index contributed by atoms with van der Waals surface area (Å²) in [6.07, 6.45) is 7.24. The number of rotatable bonds is 10. The average Bonchev–Trinajstić information content (AvgIpc) is 0.789. The van der Waals surface area contributed by atoms with E-state index in [9.17, 15) is 0 Å². The highest BCUT2D eigenvalue weighted by Gasteiger charge is 2.21. The minimum Gasteiger partial charge on any atom is -0.201 e. The molecule has 0 saturated heterocycles. The average molecular weight is 1180 g/mol. The monoisotopic (exact) mass is 1180 g/mol. The van der Waals surface area contributed by atoms with E-state index in [2.05, 4.69) is 246 Å². The fourth-order valence-corrected chi connectivity index (χ4v) is 11.2. The molecule has 0 radical (unpaired) electrons. The van der Waals surface area contributed by atoms with Gasteiger partial charge in [-0.1, -0.05) is 160 Å². The molecule has 10 aromatic rings.